The highest BCUT2D eigenvalue weighted by Crippen LogP contribution is 2.32. The molecule has 0 saturated heterocycles. The maximum absolute atomic E-state index is 13.3. The molecule has 9 heteroatoms. The van der Waals surface area contributed by atoms with Gasteiger partial charge in [0.25, 0.3) is 17.5 Å². The van der Waals surface area contributed by atoms with Crippen molar-refractivity contribution < 1.29 is 14.5 Å². The molecule has 0 N–H and O–H groups in total. The molecule has 0 aliphatic carbocycles. The van der Waals surface area contributed by atoms with Crippen LogP contribution in [0.3, 0.4) is 0 Å². The van der Waals surface area contributed by atoms with Gasteiger partial charge in [-0.05, 0) is 44.6 Å². The van der Waals surface area contributed by atoms with Crippen molar-refractivity contribution in [2.24, 2.45) is 0 Å². The van der Waals surface area contributed by atoms with Crippen molar-refractivity contribution in [3.05, 3.63) is 93.2 Å². The molecule has 0 fully saturated rings. The number of non-ortho nitro benzene ring substituents is 1. The number of imide groups is 1. The van der Waals surface area contributed by atoms with E-state index in [1.807, 2.05) is 36.4 Å². The summed E-state index contributed by atoms with van der Waals surface area (Å²) in [7, 11) is 0. The first-order valence-electron chi connectivity index (χ1n) is 10.8. The first-order valence-corrected chi connectivity index (χ1v) is 10.8. The summed E-state index contributed by atoms with van der Waals surface area (Å²) in [5, 5.41) is 25.3. The van der Waals surface area contributed by atoms with Crippen molar-refractivity contribution in [3.8, 4) is 23.0 Å². The van der Waals surface area contributed by atoms with Gasteiger partial charge in [-0.2, -0.15) is 10.4 Å². The first kappa shape index (κ1) is 23.3. The van der Waals surface area contributed by atoms with E-state index in [9.17, 15) is 25.0 Å². The molecule has 1 aliphatic heterocycles. The van der Waals surface area contributed by atoms with Gasteiger partial charge in [-0.3, -0.25) is 24.6 Å². The van der Waals surface area contributed by atoms with E-state index in [-0.39, 0.29) is 16.8 Å². The Bertz CT molecular complexity index is 1440. The number of rotatable bonds is 5. The van der Waals surface area contributed by atoms with Crippen LogP contribution >= 0.6 is 0 Å². The standard InChI is InChI=1S/C26H21N5O4/c1-16(2)30-25(32)22(17(3)23(14-27)26(30)33)13-19-15-29(20-9-11-21(12-10-20)31(34)35)28-24(19)18-7-5-4-6-8-18/h4-13,15-16H,1-3H3/b22-13+. The largest absolute Gasteiger partial charge is 0.271 e. The number of aromatic nitrogens is 2. The molecule has 2 heterocycles. The lowest BCUT2D eigenvalue weighted by atomic mass is 9.92. The van der Waals surface area contributed by atoms with E-state index in [4.69, 9.17) is 0 Å². The third kappa shape index (κ3) is 4.25. The fourth-order valence-electron chi connectivity index (χ4n) is 3.90. The van der Waals surface area contributed by atoms with Gasteiger partial charge in [-0.1, -0.05) is 30.3 Å². The summed E-state index contributed by atoms with van der Waals surface area (Å²) in [6.45, 7) is 5.01. The molecular formula is C26H21N5O4. The van der Waals surface area contributed by atoms with Crippen LogP contribution in [0.15, 0.2) is 77.5 Å². The summed E-state index contributed by atoms with van der Waals surface area (Å²) in [5.74, 6) is -1.09. The number of nitro benzene ring substituents is 1. The Kier molecular flexibility index (Phi) is 6.12. The molecule has 9 nitrogen and oxygen atoms in total. The number of hydrogen-bond acceptors (Lipinski definition) is 6. The predicted molar refractivity (Wildman–Crippen MR) is 129 cm³/mol. The van der Waals surface area contributed by atoms with Gasteiger partial charge in [0.2, 0.25) is 0 Å². The average molecular weight is 467 g/mol. The summed E-state index contributed by atoms with van der Waals surface area (Å²) >= 11 is 0. The number of nitrogens with zero attached hydrogens (tertiary/aromatic N) is 5. The zero-order chi connectivity index (χ0) is 25.3. The summed E-state index contributed by atoms with van der Waals surface area (Å²) in [6.07, 6.45) is 3.34. The van der Waals surface area contributed by atoms with Crippen molar-refractivity contribution in [2.75, 3.05) is 0 Å². The molecule has 1 aromatic heterocycles. The van der Waals surface area contributed by atoms with Gasteiger partial charge < -0.3 is 0 Å². The van der Waals surface area contributed by atoms with Crippen molar-refractivity contribution in [1.29, 1.82) is 5.26 Å². The Morgan fingerprint density at radius 3 is 2.29 bits per heavy atom. The highest BCUT2D eigenvalue weighted by atomic mass is 16.6. The monoisotopic (exact) mass is 467 g/mol. The maximum Gasteiger partial charge on any atom is 0.271 e. The van der Waals surface area contributed by atoms with E-state index >= 15 is 0 Å². The molecule has 2 aromatic carbocycles. The minimum absolute atomic E-state index is 0.0393. The number of nitriles is 1. The molecule has 0 unspecified atom stereocenters. The lowest BCUT2D eigenvalue weighted by Gasteiger charge is -2.30. The molecule has 174 valence electrons. The van der Waals surface area contributed by atoms with Gasteiger partial charge in [-0.15, -0.1) is 0 Å². The number of benzene rings is 2. The van der Waals surface area contributed by atoms with Gasteiger partial charge in [0.05, 0.1) is 16.3 Å². The number of carbonyl (C=O) groups excluding carboxylic acids is 2. The van der Waals surface area contributed by atoms with E-state index in [1.54, 1.807) is 49.9 Å². The Hall–Kier alpha value is -4.84. The normalized spacial score (nSPS) is 15.2. The zero-order valence-corrected chi connectivity index (χ0v) is 19.3. The molecule has 0 spiro atoms. The second-order valence-corrected chi connectivity index (χ2v) is 8.26. The molecule has 0 atom stereocenters. The smallest absolute Gasteiger partial charge is 0.271 e. The minimum Gasteiger partial charge on any atom is -0.271 e. The van der Waals surface area contributed by atoms with Gasteiger partial charge >= 0.3 is 0 Å². The third-order valence-electron chi connectivity index (χ3n) is 5.70. The van der Waals surface area contributed by atoms with E-state index < -0.39 is 22.8 Å². The van der Waals surface area contributed by atoms with Crippen LogP contribution < -0.4 is 0 Å². The van der Waals surface area contributed by atoms with E-state index in [1.165, 1.54) is 12.1 Å². The Morgan fingerprint density at radius 2 is 1.71 bits per heavy atom. The molecule has 0 radical (unpaired) electrons. The highest BCUT2D eigenvalue weighted by Gasteiger charge is 2.37. The van der Waals surface area contributed by atoms with Crippen LogP contribution in [0.5, 0.6) is 0 Å². The van der Waals surface area contributed by atoms with Crippen LogP contribution in [-0.2, 0) is 9.59 Å². The van der Waals surface area contributed by atoms with Gasteiger partial charge in [0.1, 0.15) is 11.6 Å². The third-order valence-corrected chi connectivity index (χ3v) is 5.70. The van der Waals surface area contributed by atoms with Crippen molar-refractivity contribution in [3.63, 3.8) is 0 Å². The maximum atomic E-state index is 13.3. The van der Waals surface area contributed by atoms with Crippen LogP contribution in [0, 0.1) is 21.4 Å². The Balaban J connectivity index is 1.91. The van der Waals surface area contributed by atoms with Gasteiger partial charge in [0.15, 0.2) is 0 Å². The lowest BCUT2D eigenvalue weighted by Crippen LogP contribution is -2.46. The number of hydrogen-bond donors (Lipinski definition) is 0. The zero-order valence-electron chi connectivity index (χ0n) is 19.3. The van der Waals surface area contributed by atoms with Crippen LogP contribution in [0.1, 0.15) is 26.3 Å². The lowest BCUT2D eigenvalue weighted by molar-refractivity contribution is -0.384. The molecule has 4 rings (SSSR count). The van der Waals surface area contributed by atoms with E-state index in [0.29, 0.717) is 22.5 Å². The fourth-order valence-corrected chi connectivity index (χ4v) is 3.90. The summed E-state index contributed by atoms with van der Waals surface area (Å²) in [5.41, 5.74) is 2.97. The van der Waals surface area contributed by atoms with E-state index in [2.05, 4.69) is 5.10 Å². The predicted octanol–water partition coefficient (Wildman–Crippen LogP) is 4.45. The van der Waals surface area contributed by atoms with Crippen LogP contribution in [0.4, 0.5) is 5.69 Å². The summed E-state index contributed by atoms with van der Waals surface area (Å²) < 4.78 is 1.57. The average Bonchev–Trinajstić information content (AvgIpc) is 3.26. The summed E-state index contributed by atoms with van der Waals surface area (Å²) in [6, 6.07) is 16.8. The van der Waals surface area contributed by atoms with Crippen molar-refractivity contribution in [1.82, 2.24) is 14.7 Å². The first-order chi connectivity index (χ1) is 16.7. The van der Waals surface area contributed by atoms with Crippen LogP contribution in [0.2, 0.25) is 0 Å². The Labute approximate surface area is 201 Å². The van der Waals surface area contributed by atoms with Gasteiger partial charge in [-0.25, -0.2) is 4.68 Å². The molecule has 1 aliphatic rings. The number of amides is 2. The number of nitro groups is 1. The second-order valence-electron chi connectivity index (χ2n) is 8.26. The molecule has 0 saturated carbocycles. The molecular weight excluding hydrogens is 446 g/mol. The quantitative estimate of drug-likeness (QED) is 0.236. The van der Waals surface area contributed by atoms with Crippen molar-refractivity contribution in [2.45, 2.75) is 26.8 Å². The molecule has 0 bridgehead atoms. The second kappa shape index (κ2) is 9.19. The van der Waals surface area contributed by atoms with Crippen LogP contribution in [-0.4, -0.2) is 37.5 Å². The Morgan fingerprint density at radius 1 is 1.06 bits per heavy atom. The van der Waals surface area contributed by atoms with E-state index in [0.717, 1.165) is 10.5 Å². The SMILES string of the molecule is CC1=C(C#N)C(=O)N(C(C)C)C(=O)/C1=C/c1cn(-c2ccc([N+](=O)[O-])cc2)nc1-c1ccccc1. The highest BCUT2D eigenvalue weighted by molar-refractivity contribution is 6.20. The minimum atomic E-state index is -0.605. The molecule has 3 aromatic rings. The van der Waals surface area contributed by atoms with Gasteiger partial charge in [0, 0.05) is 41.1 Å². The van der Waals surface area contributed by atoms with Crippen molar-refractivity contribution >= 4 is 23.6 Å². The molecule has 35 heavy (non-hydrogen) atoms. The fraction of sp³-hybridized carbons (Fsp3) is 0.154. The van der Waals surface area contributed by atoms with Crippen LogP contribution in [0.25, 0.3) is 23.0 Å². The topological polar surface area (TPSA) is 122 Å². The molecule has 2 amide bonds. The summed E-state index contributed by atoms with van der Waals surface area (Å²) in [4.78, 5) is 37.6. The number of carbonyl (C=O) groups is 2.